The highest BCUT2D eigenvalue weighted by molar-refractivity contribution is 7.89. The third-order valence-corrected chi connectivity index (χ3v) is 9.22. The first-order valence-corrected chi connectivity index (χ1v) is 11.7. The molecule has 0 saturated heterocycles. The van der Waals surface area contributed by atoms with Crippen LogP contribution in [-0.2, 0) is 14.8 Å². The van der Waals surface area contributed by atoms with Gasteiger partial charge in [-0.25, -0.2) is 17.2 Å². The Bertz CT molecular complexity index is 904. The lowest BCUT2D eigenvalue weighted by Gasteiger charge is -2.59. The minimum absolute atomic E-state index is 0.169. The van der Waals surface area contributed by atoms with Crippen molar-refractivity contribution in [1.29, 1.82) is 0 Å². The number of amides is 1. The molecule has 1 aromatic carbocycles. The Kier molecular flexibility index (Phi) is 5.01. The van der Waals surface area contributed by atoms with Crippen LogP contribution in [0.2, 0.25) is 0 Å². The Labute approximate surface area is 170 Å². The summed E-state index contributed by atoms with van der Waals surface area (Å²) < 4.78 is 56.8. The first kappa shape index (κ1) is 20.7. The predicted octanol–water partition coefficient (Wildman–Crippen LogP) is 3.43. The molecule has 2 N–H and O–H groups in total. The van der Waals surface area contributed by atoms with Crippen molar-refractivity contribution in [2.24, 2.45) is 29.4 Å². The van der Waals surface area contributed by atoms with Crippen molar-refractivity contribution < 1.29 is 22.0 Å². The minimum atomic E-state index is -4.31. The lowest BCUT2D eigenvalue weighted by molar-refractivity contribution is -0.121. The summed E-state index contributed by atoms with van der Waals surface area (Å²) in [6.45, 7) is 3.34. The van der Waals surface area contributed by atoms with Crippen LogP contribution in [0.3, 0.4) is 0 Å². The average molecular weight is 427 g/mol. The van der Waals surface area contributed by atoms with Crippen LogP contribution < -0.4 is 5.73 Å². The second kappa shape index (κ2) is 7.01. The van der Waals surface area contributed by atoms with E-state index in [0.29, 0.717) is 17.9 Å². The summed E-state index contributed by atoms with van der Waals surface area (Å²) in [4.78, 5) is 11.2. The minimum Gasteiger partial charge on any atom is -0.370 e. The van der Waals surface area contributed by atoms with Crippen molar-refractivity contribution in [3.05, 3.63) is 29.8 Å². The molecule has 4 fully saturated rings. The fourth-order valence-corrected chi connectivity index (χ4v) is 8.60. The molecule has 160 valence electrons. The van der Waals surface area contributed by atoms with Crippen molar-refractivity contribution in [3.63, 3.8) is 0 Å². The number of carbonyl (C=O) groups is 1. The van der Waals surface area contributed by atoms with Gasteiger partial charge in [-0.3, -0.25) is 4.79 Å². The number of benzene rings is 1. The van der Waals surface area contributed by atoms with Crippen LogP contribution in [0.1, 0.15) is 52.4 Å². The molecule has 29 heavy (non-hydrogen) atoms. The maximum Gasteiger partial charge on any atom is 0.246 e. The fourth-order valence-electron chi connectivity index (χ4n) is 6.46. The molecule has 1 aromatic rings. The zero-order valence-electron chi connectivity index (χ0n) is 16.8. The second-order valence-corrected chi connectivity index (χ2v) is 11.5. The molecule has 0 aliphatic heterocycles. The Hall–Kier alpha value is -1.54. The first-order chi connectivity index (χ1) is 13.5. The summed E-state index contributed by atoms with van der Waals surface area (Å²) in [6.07, 6.45) is 4.89. The Balaban J connectivity index is 1.82. The van der Waals surface area contributed by atoms with Gasteiger partial charge in [-0.2, -0.15) is 4.31 Å². The van der Waals surface area contributed by atoms with Gasteiger partial charge in [-0.1, -0.05) is 0 Å². The summed E-state index contributed by atoms with van der Waals surface area (Å²) in [5.41, 5.74) is 4.32. The number of nitrogens with two attached hydrogens (primary N) is 1. The molecule has 0 spiro atoms. The standard InChI is InChI=1S/C21H28F2N2O3S/c1-21(2,11-19(24)26)25(29(27,28)18-4-3-16(22)10-17(18)23)20-14-6-12-5-13(8-14)9-15(20)7-12/h3-4,10,12-15,20H,5-9,11H2,1-2H3,(H2,24,26). The van der Waals surface area contributed by atoms with E-state index in [1.54, 1.807) is 13.8 Å². The Morgan fingerprint density at radius 1 is 1.10 bits per heavy atom. The van der Waals surface area contributed by atoms with Crippen LogP contribution in [-0.4, -0.2) is 30.2 Å². The molecular formula is C21H28F2N2O3S. The van der Waals surface area contributed by atoms with Crippen LogP contribution >= 0.6 is 0 Å². The van der Waals surface area contributed by atoms with E-state index in [2.05, 4.69) is 0 Å². The van der Waals surface area contributed by atoms with E-state index in [9.17, 15) is 22.0 Å². The summed E-state index contributed by atoms with van der Waals surface area (Å²) in [5.74, 6) is -0.931. The highest BCUT2D eigenvalue weighted by Gasteiger charge is 2.56. The molecule has 4 saturated carbocycles. The van der Waals surface area contributed by atoms with Gasteiger partial charge in [-0.05, 0) is 81.8 Å². The number of carbonyl (C=O) groups excluding carboxylic acids is 1. The molecule has 0 atom stereocenters. The number of halogens is 2. The molecule has 8 heteroatoms. The van der Waals surface area contributed by atoms with Gasteiger partial charge in [-0.15, -0.1) is 0 Å². The average Bonchev–Trinajstić information content (AvgIpc) is 2.55. The lowest BCUT2D eigenvalue weighted by atomic mass is 9.54. The topological polar surface area (TPSA) is 80.5 Å². The van der Waals surface area contributed by atoms with Gasteiger partial charge < -0.3 is 5.73 Å². The highest BCUT2D eigenvalue weighted by atomic mass is 32.2. The van der Waals surface area contributed by atoms with E-state index in [0.717, 1.165) is 37.8 Å². The largest absolute Gasteiger partial charge is 0.370 e. The van der Waals surface area contributed by atoms with Crippen LogP contribution in [0.25, 0.3) is 0 Å². The zero-order valence-corrected chi connectivity index (χ0v) is 17.6. The molecule has 5 nitrogen and oxygen atoms in total. The van der Waals surface area contributed by atoms with E-state index in [-0.39, 0.29) is 24.3 Å². The van der Waals surface area contributed by atoms with Gasteiger partial charge in [0, 0.05) is 24.1 Å². The quantitative estimate of drug-likeness (QED) is 0.757. The van der Waals surface area contributed by atoms with Gasteiger partial charge in [0.05, 0.1) is 0 Å². The first-order valence-electron chi connectivity index (χ1n) is 10.3. The summed E-state index contributed by atoms with van der Waals surface area (Å²) in [7, 11) is -4.31. The van der Waals surface area contributed by atoms with Crippen LogP contribution in [0.5, 0.6) is 0 Å². The monoisotopic (exact) mass is 426 g/mol. The summed E-state index contributed by atoms with van der Waals surface area (Å²) in [5, 5.41) is 0. The SMILES string of the molecule is CC(C)(CC(N)=O)N(C1C2CC3CC(C2)CC1C3)S(=O)(=O)c1ccc(F)cc1F. The molecule has 0 radical (unpaired) electrons. The van der Waals surface area contributed by atoms with Gasteiger partial charge in [0.15, 0.2) is 0 Å². The van der Waals surface area contributed by atoms with E-state index in [1.807, 2.05) is 0 Å². The number of sulfonamides is 1. The number of primary amides is 1. The normalized spacial score (nSPS) is 31.4. The van der Waals surface area contributed by atoms with Crippen LogP contribution in [0.4, 0.5) is 8.78 Å². The van der Waals surface area contributed by atoms with Gasteiger partial charge >= 0.3 is 0 Å². The summed E-state index contributed by atoms with van der Waals surface area (Å²) >= 11 is 0. The van der Waals surface area contributed by atoms with Gasteiger partial charge in [0.25, 0.3) is 0 Å². The number of nitrogens with zero attached hydrogens (tertiary/aromatic N) is 1. The molecule has 5 rings (SSSR count). The molecule has 4 bridgehead atoms. The number of hydrogen-bond acceptors (Lipinski definition) is 3. The molecule has 4 aliphatic rings. The van der Waals surface area contributed by atoms with Gasteiger partial charge in [0.1, 0.15) is 16.5 Å². The van der Waals surface area contributed by atoms with Crippen molar-refractivity contribution in [1.82, 2.24) is 4.31 Å². The Morgan fingerprint density at radius 3 is 2.14 bits per heavy atom. The molecule has 1 amide bonds. The fraction of sp³-hybridized carbons (Fsp3) is 0.667. The Morgan fingerprint density at radius 2 is 1.66 bits per heavy atom. The molecule has 0 unspecified atom stereocenters. The van der Waals surface area contributed by atoms with Crippen LogP contribution in [0.15, 0.2) is 23.1 Å². The second-order valence-electron chi connectivity index (χ2n) is 9.75. The van der Waals surface area contributed by atoms with E-state index < -0.39 is 38.0 Å². The maximum atomic E-state index is 14.5. The van der Waals surface area contributed by atoms with E-state index in [1.165, 1.54) is 10.7 Å². The molecule has 0 heterocycles. The van der Waals surface area contributed by atoms with E-state index in [4.69, 9.17) is 5.73 Å². The predicted molar refractivity (Wildman–Crippen MR) is 104 cm³/mol. The van der Waals surface area contributed by atoms with Crippen molar-refractivity contribution >= 4 is 15.9 Å². The number of hydrogen-bond donors (Lipinski definition) is 1. The third kappa shape index (κ3) is 3.58. The van der Waals surface area contributed by atoms with Gasteiger partial charge in [0.2, 0.25) is 15.9 Å². The zero-order chi connectivity index (χ0) is 21.1. The summed E-state index contributed by atoms with van der Waals surface area (Å²) in [6, 6.07) is 2.21. The lowest BCUT2D eigenvalue weighted by Crippen LogP contribution is -2.63. The highest BCUT2D eigenvalue weighted by Crippen LogP contribution is 2.57. The van der Waals surface area contributed by atoms with Crippen molar-refractivity contribution in [3.8, 4) is 0 Å². The molecule has 4 aliphatic carbocycles. The number of rotatable bonds is 6. The van der Waals surface area contributed by atoms with E-state index >= 15 is 0 Å². The third-order valence-electron chi connectivity index (χ3n) is 7.08. The molecular weight excluding hydrogens is 398 g/mol. The van der Waals surface area contributed by atoms with Crippen LogP contribution in [0, 0.1) is 35.3 Å². The smallest absolute Gasteiger partial charge is 0.246 e. The molecule has 0 aromatic heterocycles. The maximum absolute atomic E-state index is 14.5. The van der Waals surface area contributed by atoms with Crippen molar-refractivity contribution in [2.45, 2.75) is 68.8 Å². The van der Waals surface area contributed by atoms with Crippen molar-refractivity contribution in [2.75, 3.05) is 0 Å².